The van der Waals surface area contributed by atoms with Crippen LogP contribution in [0.4, 0.5) is 0 Å². The van der Waals surface area contributed by atoms with E-state index in [1.165, 1.54) is 0 Å². The standard InChI is InChI=1S/C15H21N5OS/c1-11(22)18-15(2)4-8-19(9-5-15)14(21)12-10-17-20-7-3-6-16-13(12)20/h3,6-7,10-11,18,22H,4-5,8-9H2,1-2H3/t11-/m0/s1. The van der Waals surface area contributed by atoms with Gasteiger partial charge in [0, 0.05) is 36.4 Å². The Morgan fingerprint density at radius 1 is 1.45 bits per heavy atom. The van der Waals surface area contributed by atoms with E-state index in [1.54, 1.807) is 29.2 Å². The molecule has 0 spiro atoms. The lowest BCUT2D eigenvalue weighted by atomic mass is 9.89. The molecule has 1 fully saturated rings. The van der Waals surface area contributed by atoms with E-state index in [4.69, 9.17) is 0 Å². The zero-order valence-electron chi connectivity index (χ0n) is 12.9. The summed E-state index contributed by atoms with van der Waals surface area (Å²) in [6.45, 7) is 5.68. The van der Waals surface area contributed by atoms with Crippen molar-refractivity contribution in [3.05, 3.63) is 30.2 Å². The van der Waals surface area contributed by atoms with E-state index >= 15 is 0 Å². The van der Waals surface area contributed by atoms with Gasteiger partial charge in [0.1, 0.15) is 5.56 Å². The third-order valence-corrected chi connectivity index (χ3v) is 4.35. The van der Waals surface area contributed by atoms with Gasteiger partial charge in [-0.3, -0.25) is 4.79 Å². The van der Waals surface area contributed by atoms with E-state index in [1.807, 2.05) is 11.8 Å². The second-order valence-corrected chi connectivity index (χ2v) is 6.89. The van der Waals surface area contributed by atoms with Crippen molar-refractivity contribution in [1.82, 2.24) is 24.8 Å². The van der Waals surface area contributed by atoms with Crippen LogP contribution in [0, 0.1) is 0 Å². The van der Waals surface area contributed by atoms with Crippen LogP contribution in [0.2, 0.25) is 0 Å². The van der Waals surface area contributed by atoms with Crippen LogP contribution in [-0.2, 0) is 0 Å². The average Bonchev–Trinajstić information content (AvgIpc) is 2.90. The maximum atomic E-state index is 12.7. The number of nitrogens with one attached hydrogen (secondary N) is 1. The van der Waals surface area contributed by atoms with Gasteiger partial charge in [0.25, 0.3) is 5.91 Å². The molecular weight excluding hydrogens is 298 g/mol. The smallest absolute Gasteiger partial charge is 0.259 e. The van der Waals surface area contributed by atoms with Gasteiger partial charge in [-0.2, -0.15) is 17.7 Å². The summed E-state index contributed by atoms with van der Waals surface area (Å²) < 4.78 is 1.63. The topological polar surface area (TPSA) is 62.5 Å². The molecule has 0 radical (unpaired) electrons. The van der Waals surface area contributed by atoms with E-state index < -0.39 is 0 Å². The fraction of sp³-hybridized carbons (Fsp3) is 0.533. The number of thiol groups is 1. The van der Waals surface area contributed by atoms with Crippen molar-refractivity contribution in [2.45, 2.75) is 37.6 Å². The van der Waals surface area contributed by atoms with Crippen LogP contribution in [0.5, 0.6) is 0 Å². The number of amides is 1. The van der Waals surface area contributed by atoms with Gasteiger partial charge in [0.15, 0.2) is 5.65 Å². The molecule has 2 aromatic heterocycles. The number of carbonyl (C=O) groups excluding carboxylic acids is 1. The first-order chi connectivity index (χ1) is 10.5. The second-order valence-electron chi connectivity index (χ2n) is 6.12. The Labute approximate surface area is 135 Å². The van der Waals surface area contributed by atoms with Gasteiger partial charge in [-0.1, -0.05) is 0 Å². The minimum absolute atomic E-state index is 0.00896. The number of hydrogen-bond donors (Lipinski definition) is 2. The van der Waals surface area contributed by atoms with Crippen molar-refractivity contribution in [3.8, 4) is 0 Å². The highest BCUT2D eigenvalue weighted by atomic mass is 32.1. The quantitative estimate of drug-likeness (QED) is 0.666. The molecule has 1 saturated heterocycles. The van der Waals surface area contributed by atoms with Crippen LogP contribution in [0.25, 0.3) is 5.65 Å². The molecule has 3 heterocycles. The minimum atomic E-state index is 0.00896. The Morgan fingerprint density at radius 2 is 2.18 bits per heavy atom. The van der Waals surface area contributed by atoms with E-state index in [0.717, 1.165) is 25.9 Å². The first kappa shape index (κ1) is 15.3. The maximum Gasteiger partial charge on any atom is 0.259 e. The maximum absolute atomic E-state index is 12.7. The molecule has 7 heteroatoms. The summed E-state index contributed by atoms with van der Waals surface area (Å²) in [4.78, 5) is 18.8. The summed E-state index contributed by atoms with van der Waals surface area (Å²) >= 11 is 4.40. The first-order valence-electron chi connectivity index (χ1n) is 7.52. The third-order valence-electron chi connectivity index (χ3n) is 4.22. The predicted octanol–water partition coefficient (Wildman–Crippen LogP) is 1.59. The zero-order valence-corrected chi connectivity index (χ0v) is 13.8. The molecule has 1 atom stereocenters. The first-order valence-corrected chi connectivity index (χ1v) is 8.04. The summed E-state index contributed by atoms with van der Waals surface area (Å²) in [5.41, 5.74) is 1.22. The Bertz CT molecular complexity index is 675. The number of piperidine rings is 1. The van der Waals surface area contributed by atoms with Gasteiger partial charge in [-0.15, -0.1) is 0 Å². The Balaban J connectivity index is 1.72. The van der Waals surface area contributed by atoms with Crippen LogP contribution in [0.1, 0.15) is 37.0 Å². The monoisotopic (exact) mass is 319 g/mol. The van der Waals surface area contributed by atoms with Crippen LogP contribution in [0.15, 0.2) is 24.7 Å². The molecule has 2 aromatic rings. The SMILES string of the molecule is C[C@H](S)NC1(C)CCN(C(=O)c2cnn3cccnc23)CC1. The van der Waals surface area contributed by atoms with Crippen molar-refractivity contribution >= 4 is 24.2 Å². The van der Waals surface area contributed by atoms with Crippen LogP contribution < -0.4 is 5.32 Å². The lowest BCUT2D eigenvalue weighted by Crippen LogP contribution is -2.54. The fourth-order valence-electron chi connectivity index (χ4n) is 3.00. The molecule has 0 aliphatic carbocycles. The van der Waals surface area contributed by atoms with Gasteiger partial charge in [0.05, 0.1) is 6.20 Å². The second kappa shape index (κ2) is 5.89. The van der Waals surface area contributed by atoms with E-state index in [2.05, 4.69) is 35.0 Å². The number of nitrogens with zero attached hydrogens (tertiary/aromatic N) is 4. The molecule has 0 saturated carbocycles. The highest BCUT2D eigenvalue weighted by Gasteiger charge is 2.33. The van der Waals surface area contributed by atoms with E-state index in [9.17, 15) is 4.79 Å². The van der Waals surface area contributed by atoms with Crippen molar-refractivity contribution in [2.75, 3.05) is 13.1 Å². The summed E-state index contributed by atoms with van der Waals surface area (Å²) in [5.74, 6) is 0.00896. The molecule has 1 amide bonds. The average molecular weight is 319 g/mol. The number of carbonyl (C=O) groups is 1. The Kier molecular flexibility index (Phi) is 4.10. The molecule has 6 nitrogen and oxygen atoms in total. The summed E-state index contributed by atoms with van der Waals surface area (Å²) in [7, 11) is 0. The minimum Gasteiger partial charge on any atom is -0.338 e. The van der Waals surface area contributed by atoms with E-state index in [-0.39, 0.29) is 16.8 Å². The van der Waals surface area contributed by atoms with Crippen molar-refractivity contribution in [2.24, 2.45) is 0 Å². The molecule has 0 aromatic carbocycles. The van der Waals surface area contributed by atoms with Crippen molar-refractivity contribution in [1.29, 1.82) is 0 Å². The lowest BCUT2D eigenvalue weighted by molar-refractivity contribution is 0.0657. The largest absolute Gasteiger partial charge is 0.338 e. The molecule has 1 aliphatic rings. The molecule has 1 N–H and O–H groups in total. The highest BCUT2D eigenvalue weighted by molar-refractivity contribution is 7.80. The van der Waals surface area contributed by atoms with Crippen molar-refractivity contribution in [3.63, 3.8) is 0 Å². The van der Waals surface area contributed by atoms with Gasteiger partial charge < -0.3 is 10.2 Å². The van der Waals surface area contributed by atoms with Gasteiger partial charge >= 0.3 is 0 Å². The highest BCUT2D eigenvalue weighted by Crippen LogP contribution is 2.24. The van der Waals surface area contributed by atoms with Gasteiger partial charge in [-0.05, 0) is 32.8 Å². The number of likely N-dealkylation sites (tertiary alicyclic amines) is 1. The van der Waals surface area contributed by atoms with Crippen LogP contribution in [0.3, 0.4) is 0 Å². The number of rotatable bonds is 3. The number of hydrogen-bond acceptors (Lipinski definition) is 5. The zero-order chi connectivity index (χ0) is 15.7. The number of aromatic nitrogens is 3. The van der Waals surface area contributed by atoms with Crippen LogP contribution in [-0.4, -0.2) is 49.4 Å². The normalized spacial score (nSPS) is 19.3. The van der Waals surface area contributed by atoms with E-state index in [0.29, 0.717) is 11.2 Å². The summed E-state index contributed by atoms with van der Waals surface area (Å²) in [6.07, 6.45) is 6.91. The molecule has 22 heavy (non-hydrogen) atoms. The van der Waals surface area contributed by atoms with Gasteiger partial charge in [0.2, 0.25) is 0 Å². The third kappa shape index (κ3) is 2.96. The summed E-state index contributed by atoms with van der Waals surface area (Å²) in [6, 6.07) is 1.80. The van der Waals surface area contributed by atoms with Crippen LogP contribution >= 0.6 is 12.6 Å². The number of fused-ring (bicyclic) bond motifs is 1. The van der Waals surface area contributed by atoms with Crippen molar-refractivity contribution < 1.29 is 4.79 Å². The molecule has 118 valence electrons. The molecule has 3 rings (SSSR count). The molecule has 0 unspecified atom stereocenters. The lowest BCUT2D eigenvalue weighted by Gasteiger charge is -2.41. The fourth-order valence-corrected chi connectivity index (χ4v) is 3.31. The molecular formula is C15H21N5OS. The Morgan fingerprint density at radius 3 is 2.86 bits per heavy atom. The Hall–Kier alpha value is -1.60. The summed E-state index contributed by atoms with van der Waals surface area (Å²) in [5, 5.41) is 7.82. The molecule has 1 aliphatic heterocycles. The van der Waals surface area contributed by atoms with Gasteiger partial charge in [-0.25, -0.2) is 9.50 Å². The molecule has 0 bridgehead atoms. The predicted molar refractivity (Wildman–Crippen MR) is 88.1 cm³/mol.